The number of halogens is 2. The summed E-state index contributed by atoms with van der Waals surface area (Å²) in [7, 11) is 0. The fourth-order valence-corrected chi connectivity index (χ4v) is 1.70. The molecule has 0 aliphatic carbocycles. The average molecular weight is 302 g/mol. The molecule has 1 aromatic rings. The minimum absolute atomic E-state index is 0.300. The molecular weight excluding hydrogens is 289 g/mol. The summed E-state index contributed by atoms with van der Waals surface area (Å²) in [6.45, 7) is 1.97. The van der Waals surface area contributed by atoms with Crippen molar-refractivity contribution in [2.24, 2.45) is 0 Å². The van der Waals surface area contributed by atoms with Gasteiger partial charge in [-0.1, -0.05) is 29.3 Å². The highest BCUT2D eigenvalue weighted by Crippen LogP contribution is 2.21. The summed E-state index contributed by atoms with van der Waals surface area (Å²) in [6.07, 6.45) is 2.70. The van der Waals surface area contributed by atoms with Gasteiger partial charge in [0, 0.05) is 22.7 Å². The molecule has 1 amide bonds. The molecule has 0 heterocycles. The second-order valence-corrected chi connectivity index (χ2v) is 4.40. The molecule has 0 spiro atoms. The second kappa shape index (κ2) is 7.81. The number of likely N-dealkylation sites (N-methyl/N-ethyl adjacent to an activating group) is 1. The van der Waals surface area contributed by atoms with Gasteiger partial charge in [-0.2, -0.15) is 0 Å². The predicted molar refractivity (Wildman–Crippen MR) is 75.1 cm³/mol. The molecule has 0 aromatic heterocycles. The molecule has 0 bridgehead atoms. The van der Waals surface area contributed by atoms with E-state index in [0.29, 0.717) is 22.2 Å². The van der Waals surface area contributed by atoms with E-state index in [1.165, 1.54) is 12.2 Å². The van der Waals surface area contributed by atoms with Gasteiger partial charge in [-0.3, -0.25) is 4.79 Å². The molecule has 0 unspecified atom stereocenters. The molecule has 1 rings (SSSR count). The van der Waals surface area contributed by atoms with Crippen molar-refractivity contribution < 1.29 is 14.3 Å². The number of hydrogen-bond acceptors (Lipinski definition) is 3. The van der Waals surface area contributed by atoms with Gasteiger partial charge in [-0.25, -0.2) is 4.79 Å². The van der Waals surface area contributed by atoms with Crippen LogP contribution in [0.5, 0.6) is 0 Å². The summed E-state index contributed by atoms with van der Waals surface area (Å²) in [6, 6.07) is 4.91. The zero-order chi connectivity index (χ0) is 14.3. The molecule has 102 valence electrons. The number of esters is 1. The second-order valence-electron chi connectivity index (χ2n) is 3.56. The van der Waals surface area contributed by atoms with Crippen LogP contribution in [-0.2, 0) is 14.3 Å². The fraction of sp³-hybridized carbons (Fsp3) is 0.231. The summed E-state index contributed by atoms with van der Waals surface area (Å²) < 4.78 is 4.73. The zero-order valence-corrected chi connectivity index (χ0v) is 11.8. The Morgan fingerprint density at radius 2 is 2.11 bits per heavy atom. The Balaban J connectivity index is 2.52. The lowest BCUT2D eigenvalue weighted by Crippen LogP contribution is -2.28. The average Bonchev–Trinajstić information content (AvgIpc) is 2.35. The van der Waals surface area contributed by atoms with Gasteiger partial charge in [0.25, 0.3) is 5.91 Å². The Morgan fingerprint density at radius 1 is 1.37 bits per heavy atom. The van der Waals surface area contributed by atoms with Crippen molar-refractivity contribution in [1.29, 1.82) is 0 Å². The molecule has 0 fully saturated rings. The largest absolute Gasteiger partial charge is 0.452 e. The third-order valence-electron chi connectivity index (χ3n) is 2.08. The highest BCUT2D eigenvalue weighted by molar-refractivity contribution is 6.35. The van der Waals surface area contributed by atoms with E-state index in [-0.39, 0.29) is 12.5 Å². The summed E-state index contributed by atoms with van der Waals surface area (Å²) in [4.78, 5) is 22.4. The molecular formula is C13H13Cl2NO3. The van der Waals surface area contributed by atoms with E-state index in [0.717, 1.165) is 0 Å². The summed E-state index contributed by atoms with van der Waals surface area (Å²) >= 11 is 11.7. The van der Waals surface area contributed by atoms with Crippen LogP contribution in [0.25, 0.3) is 6.08 Å². The van der Waals surface area contributed by atoms with Gasteiger partial charge in [-0.05, 0) is 30.7 Å². The van der Waals surface area contributed by atoms with Crippen LogP contribution in [0.2, 0.25) is 10.0 Å². The molecule has 0 saturated carbocycles. The van der Waals surface area contributed by atoms with Crippen LogP contribution in [0, 0.1) is 0 Å². The fourth-order valence-electron chi connectivity index (χ4n) is 1.23. The van der Waals surface area contributed by atoms with E-state index in [1.807, 2.05) is 0 Å². The number of rotatable bonds is 5. The summed E-state index contributed by atoms with van der Waals surface area (Å²) in [5, 5.41) is 3.46. The van der Waals surface area contributed by atoms with Crippen molar-refractivity contribution in [3.63, 3.8) is 0 Å². The molecule has 6 heteroatoms. The lowest BCUT2D eigenvalue weighted by atomic mass is 10.2. The van der Waals surface area contributed by atoms with Gasteiger partial charge in [-0.15, -0.1) is 0 Å². The van der Waals surface area contributed by atoms with Crippen LogP contribution in [-0.4, -0.2) is 25.0 Å². The Labute approximate surface area is 121 Å². The molecule has 0 atom stereocenters. The van der Waals surface area contributed by atoms with E-state index < -0.39 is 5.97 Å². The van der Waals surface area contributed by atoms with Gasteiger partial charge in [0.05, 0.1) is 0 Å². The highest BCUT2D eigenvalue weighted by atomic mass is 35.5. The van der Waals surface area contributed by atoms with Crippen LogP contribution in [0.4, 0.5) is 0 Å². The number of ether oxygens (including phenoxy) is 1. The lowest BCUT2D eigenvalue weighted by molar-refractivity contribution is -0.143. The number of hydrogen-bond donors (Lipinski definition) is 1. The maximum absolute atomic E-state index is 11.3. The Hall–Kier alpha value is -1.52. The highest BCUT2D eigenvalue weighted by Gasteiger charge is 2.04. The number of carbonyl (C=O) groups excluding carboxylic acids is 2. The standard InChI is InChI=1S/C13H13Cl2NO3/c1-2-16-12(17)8-19-13(18)6-4-9-3-5-10(14)7-11(9)15/h3-7H,2,8H2,1H3,(H,16,17)/b6-4+. The van der Waals surface area contributed by atoms with Crippen molar-refractivity contribution in [3.05, 3.63) is 39.9 Å². The van der Waals surface area contributed by atoms with E-state index in [2.05, 4.69) is 5.32 Å². The van der Waals surface area contributed by atoms with Gasteiger partial charge in [0.2, 0.25) is 0 Å². The summed E-state index contributed by atoms with van der Waals surface area (Å²) in [5.74, 6) is -0.953. The monoisotopic (exact) mass is 301 g/mol. The Kier molecular flexibility index (Phi) is 6.39. The van der Waals surface area contributed by atoms with Gasteiger partial charge in [0.15, 0.2) is 6.61 Å². The maximum atomic E-state index is 11.3. The van der Waals surface area contributed by atoms with Crippen LogP contribution < -0.4 is 5.32 Å². The quantitative estimate of drug-likeness (QED) is 0.672. The van der Waals surface area contributed by atoms with Gasteiger partial charge < -0.3 is 10.1 Å². The lowest BCUT2D eigenvalue weighted by Gasteiger charge is -2.02. The normalized spacial score (nSPS) is 10.5. The van der Waals surface area contributed by atoms with Gasteiger partial charge in [0.1, 0.15) is 0 Å². The third-order valence-corrected chi connectivity index (χ3v) is 2.64. The van der Waals surface area contributed by atoms with Crippen molar-refractivity contribution in [2.75, 3.05) is 13.2 Å². The number of benzene rings is 1. The summed E-state index contributed by atoms with van der Waals surface area (Å²) in [5.41, 5.74) is 0.640. The number of carbonyl (C=O) groups is 2. The van der Waals surface area contributed by atoms with E-state index >= 15 is 0 Å². The topological polar surface area (TPSA) is 55.4 Å². The smallest absolute Gasteiger partial charge is 0.331 e. The van der Waals surface area contributed by atoms with Crippen molar-refractivity contribution in [1.82, 2.24) is 5.32 Å². The number of nitrogens with one attached hydrogen (secondary N) is 1. The molecule has 0 aliphatic rings. The molecule has 1 N–H and O–H groups in total. The van der Waals surface area contributed by atoms with E-state index in [1.54, 1.807) is 25.1 Å². The SMILES string of the molecule is CCNC(=O)COC(=O)/C=C/c1ccc(Cl)cc1Cl. The first-order valence-electron chi connectivity index (χ1n) is 5.59. The van der Waals surface area contributed by atoms with Crippen LogP contribution in [0.1, 0.15) is 12.5 Å². The van der Waals surface area contributed by atoms with Crippen LogP contribution in [0.3, 0.4) is 0 Å². The van der Waals surface area contributed by atoms with Crippen molar-refractivity contribution in [3.8, 4) is 0 Å². The van der Waals surface area contributed by atoms with Crippen LogP contribution >= 0.6 is 23.2 Å². The predicted octanol–water partition coefficient (Wildman–Crippen LogP) is 2.69. The zero-order valence-electron chi connectivity index (χ0n) is 10.3. The first-order chi connectivity index (χ1) is 9.02. The van der Waals surface area contributed by atoms with Gasteiger partial charge >= 0.3 is 5.97 Å². The minimum Gasteiger partial charge on any atom is -0.452 e. The maximum Gasteiger partial charge on any atom is 0.331 e. The van der Waals surface area contributed by atoms with Crippen molar-refractivity contribution >= 4 is 41.2 Å². The molecule has 4 nitrogen and oxygen atoms in total. The molecule has 19 heavy (non-hydrogen) atoms. The third kappa shape index (κ3) is 5.77. The minimum atomic E-state index is -0.614. The Bertz CT molecular complexity index is 501. The first kappa shape index (κ1) is 15.5. The van der Waals surface area contributed by atoms with Crippen LogP contribution in [0.15, 0.2) is 24.3 Å². The van der Waals surface area contributed by atoms with E-state index in [4.69, 9.17) is 27.9 Å². The Morgan fingerprint density at radius 3 is 2.74 bits per heavy atom. The first-order valence-corrected chi connectivity index (χ1v) is 6.35. The molecule has 0 radical (unpaired) electrons. The molecule has 0 aliphatic heterocycles. The van der Waals surface area contributed by atoms with E-state index in [9.17, 15) is 9.59 Å². The van der Waals surface area contributed by atoms with Crippen molar-refractivity contribution in [2.45, 2.75) is 6.92 Å². The molecule has 1 aromatic carbocycles. The molecule has 0 saturated heterocycles. The number of amides is 1.